The van der Waals surface area contributed by atoms with Crippen molar-refractivity contribution >= 4 is 28.8 Å². The summed E-state index contributed by atoms with van der Waals surface area (Å²) in [5.41, 5.74) is 2.78. The second-order valence-electron chi connectivity index (χ2n) is 7.41. The predicted octanol–water partition coefficient (Wildman–Crippen LogP) is 4.72. The Hall–Kier alpha value is -3.03. The van der Waals surface area contributed by atoms with E-state index < -0.39 is 0 Å². The molecule has 31 heavy (non-hydrogen) atoms. The van der Waals surface area contributed by atoms with Crippen LogP contribution in [0.5, 0.6) is 0 Å². The third-order valence-electron chi connectivity index (χ3n) is 5.04. The lowest BCUT2D eigenvalue weighted by Gasteiger charge is -2.25. The number of benzene rings is 2. The lowest BCUT2D eigenvalue weighted by atomic mass is 10.1. The quantitative estimate of drug-likeness (QED) is 0.575. The SMILES string of the molecule is O=C(CCc1nc(C2=CCN(Cc3cccc(Cl)c3)CC2)no1)Nc1ccc(F)cc1. The number of amides is 1. The molecule has 0 fully saturated rings. The Morgan fingerprint density at radius 1 is 1.23 bits per heavy atom. The first-order valence-electron chi connectivity index (χ1n) is 10.1. The molecule has 1 aliphatic heterocycles. The van der Waals surface area contributed by atoms with Crippen molar-refractivity contribution in [3.8, 4) is 0 Å². The van der Waals surface area contributed by atoms with Crippen LogP contribution in [-0.4, -0.2) is 34.0 Å². The molecule has 1 aromatic heterocycles. The monoisotopic (exact) mass is 440 g/mol. The minimum absolute atomic E-state index is 0.195. The Bertz CT molecular complexity index is 1080. The Labute approximate surface area is 184 Å². The number of hydrogen-bond acceptors (Lipinski definition) is 5. The summed E-state index contributed by atoms with van der Waals surface area (Å²) in [6.45, 7) is 2.53. The molecule has 3 aromatic rings. The minimum atomic E-state index is -0.346. The van der Waals surface area contributed by atoms with Crippen LogP contribution >= 0.6 is 11.6 Å². The third kappa shape index (κ3) is 5.99. The van der Waals surface area contributed by atoms with E-state index in [9.17, 15) is 9.18 Å². The van der Waals surface area contributed by atoms with E-state index in [0.717, 1.165) is 36.7 Å². The molecule has 2 heterocycles. The molecule has 0 unspecified atom stereocenters. The maximum atomic E-state index is 12.9. The van der Waals surface area contributed by atoms with Gasteiger partial charge in [-0.15, -0.1) is 0 Å². The van der Waals surface area contributed by atoms with Gasteiger partial charge in [0.15, 0.2) is 5.82 Å². The van der Waals surface area contributed by atoms with Gasteiger partial charge in [-0.05, 0) is 54.0 Å². The molecule has 0 saturated heterocycles. The van der Waals surface area contributed by atoms with E-state index >= 15 is 0 Å². The zero-order valence-electron chi connectivity index (χ0n) is 16.9. The number of anilines is 1. The molecular weight excluding hydrogens is 419 g/mol. The highest BCUT2D eigenvalue weighted by atomic mass is 35.5. The normalized spacial score (nSPS) is 14.3. The number of hydrogen-bond donors (Lipinski definition) is 1. The summed E-state index contributed by atoms with van der Waals surface area (Å²) < 4.78 is 18.2. The van der Waals surface area contributed by atoms with Crippen LogP contribution in [0.1, 0.15) is 30.1 Å². The van der Waals surface area contributed by atoms with Crippen molar-refractivity contribution in [2.24, 2.45) is 0 Å². The Morgan fingerprint density at radius 3 is 2.81 bits per heavy atom. The largest absolute Gasteiger partial charge is 0.339 e. The first-order valence-corrected chi connectivity index (χ1v) is 10.5. The number of aryl methyl sites for hydroxylation is 1. The number of halogens is 2. The van der Waals surface area contributed by atoms with Gasteiger partial charge in [-0.1, -0.05) is 35.0 Å². The zero-order chi connectivity index (χ0) is 21.6. The average molecular weight is 441 g/mol. The molecule has 0 saturated carbocycles. The summed E-state index contributed by atoms with van der Waals surface area (Å²) in [5, 5.41) is 7.53. The first-order chi connectivity index (χ1) is 15.0. The second kappa shape index (κ2) is 9.85. The van der Waals surface area contributed by atoms with Crippen LogP contribution < -0.4 is 5.32 Å². The van der Waals surface area contributed by atoms with E-state index in [2.05, 4.69) is 32.5 Å². The topological polar surface area (TPSA) is 71.3 Å². The molecule has 8 heteroatoms. The maximum absolute atomic E-state index is 12.9. The van der Waals surface area contributed by atoms with Crippen LogP contribution in [0.3, 0.4) is 0 Å². The predicted molar refractivity (Wildman–Crippen MR) is 117 cm³/mol. The molecule has 0 bridgehead atoms. The third-order valence-corrected chi connectivity index (χ3v) is 5.27. The molecule has 2 aromatic carbocycles. The van der Waals surface area contributed by atoms with Crippen molar-refractivity contribution in [1.82, 2.24) is 15.0 Å². The van der Waals surface area contributed by atoms with Gasteiger partial charge in [-0.2, -0.15) is 4.98 Å². The van der Waals surface area contributed by atoms with Crippen molar-refractivity contribution in [3.05, 3.63) is 82.7 Å². The highest BCUT2D eigenvalue weighted by Gasteiger charge is 2.18. The number of nitrogens with zero attached hydrogens (tertiary/aromatic N) is 3. The summed E-state index contributed by atoms with van der Waals surface area (Å²) in [6, 6.07) is 13.5. The van der Waals surface area contributed by atoms with Gasteiger partial charge >= 0.3 is 0 Å². The highest BCUT2D eigenvalue weighted by molar-refractivity contribution is 6.30. The van der Waals surface area contributed by atoms with Gasteiger partial charge in [0.25, 0.3) is 0 Å². The summed E-state index contributed by atoms with van der Waals surface area (Å²) in [4.78, 5) is 18.8. The van der Waals surface area contributed by atoms with E-state index in [1.54, 1.807) is 0 Å². The molecule has 1 aliphatic rings. The van der Waals surface area contributed by atoms with Gasteiger partial charge in [0.2, 0.25) is 11.8 Å². The molecule has 0 spiro atoms. The molecule has 6 nitrogen and oxygen atoms in total. The van der Waals surface area contributed by atoms with Crippen molar-refractivity contribution in [3.63, 3.8) is 0 Å². The van der Waals surface area contributed by atoms with E-state index in [-0.39, 0.29) is 18.1 Å². The molecule has 160 valence electrons. The standard InChI is InChI=1S/C23H22ClFN4O2/c24-18-3-1-2-16(14-18)15-29-12-10-17(11-13-29)23-27-22(31-28-23)9-8-21(30)26-20-6-4-19(25)5-7-20/h1-7,10,14H,8-9,11-13,15H2,(H,26,30). The summed E-state index contributed by atoms with van der Waals surface area (Å²) >= 11 is 6.06. The molecular formula is C23H22ClFN4O2. The van der Waals surface area contributed by atoms with Crippen LogP contribution in [0.4, 0.5) is 10.1 Å². The van der Waals surface area contributed by atoms with E-state index in [0.29, 0.717) is 23.8 Å². The molecule has 4 rings (SSSR count). The molecule has 0 radical (unpaired) electrons. The van der Waals surface area contributed by atoms with E-state index in [1.165, 1.54) is 29.8 Å². The zero-order valence-corrected chi connectivity index (χ0v) is 17.6. The minimum Gasteiger partial charge on any atom is -0.339 e. The number of carbonyl (C=O) groups is 1. The lowest BCUT2D eigenvalue weighted by molar-refractivity contribution is -0.116. The van der Waals surface area contributed by atoms with Crippen molar-refractivity contribution in [1.29, 1.82) is 0 Å². The summed E-state index contributed by atoms with van der Waals surface area (Å²) in [7, 11) is 0. The fourth-order valence-corrected chi connectivity index (χ4v) is 3.63. The fourth-order valence-electron chi connectivity index (χ4n) is 3.42. The number of aromatic nitrogens is 2. The van der Waals surface area contributed by atoms with Gasteiger partial charge in [0.05, 0.1) is 0 Å². The Balaban J connectivity index is 1.27. The van der Waals surface area contributed by atoms with Crippen molar-refractivity contribution < 1.29 is 13.7 Å². The van der Waals surface area contributed by atoms with Gasteiger partial charge in [-0.25, -0.2) is 4.39 Å². The molecule has 0 atom stereocenters. The Morgan fingerprint density at radius 2 is 2.06 bits per heavy atom. The van der Waals surface area contributed by atoms with E-state index in [1.807, 2.05) is 18.2 Å². The van der Waals surface area contributed by atoms with Gasteiger partial charge in [0.1, 0.15) is 5.82 Å². The smallest absolute Gasteiger partial charge is 0.227 e. The number of rotatable bonds is 7. The highest BCUT2D eigenvalue weighted by Crippen LogP contribution is 2.22. The van der Waals surface area contributed by atoms with Crippen LogP contribution in [-0.2, 0) is 17.8 Å². The summed E-state index contributed by atoms with van der Waals surface area (Å²) in [6.07, 6.45) is 3.48. The van der Waals surface area contributed by atoms with Gasteiger partial charge in [-0.3, -0.25) is 9.69 Å². The first kappa shape index (κ1) is 21.2. The molecule has 0 aliphatic carbocycles. The average Bonchev–Trinajstić information content (AvgIpc) is 3.24. The maximum Gasteiger partial charge on any atom is 0.227 e. The lowest BCUT2D eigenvalue weighted by Crippen LogP contribution is -2.28. The Kier molecular flexibility index (Phi) is 6.74. The molecule has 1 amide bonds. The van der Waals surface area contributed by atoms with Gasteiger partial charge in [0, 0.05) is 43.2 Å². The van der Waals surface area contributed by atoms with Crippen LogP contribution in [0, 0.1) is 5.82 Å². The second-order valence-corrected chi connectivity index (χ2v) is 7.85. The van der Waals surface area contributed by atoms with E-state index in [4.69, 9.17) is 16.1 Å². The van der Waals surface area contributed by atoms with Crippen LogP contribution in [0.25, 0.3) is 5.57 Å². The van der Waals surface area contributed by atoms with Crippen LogP contribution in [0.15, 0.2) is 59.1 Å². The fraction of sp³-hybridized carbons (Fsp3) is 0.261. The van der Waals surface area contributed by atoms with Crippen LogP contribution in [0.2, 0.25) is 5.02 Å². The van der Waals surface area contributed by atoms with Crippen molar-refractivity contribution in [2.45, 2.75) is 25.8 Å². The van der Waals surface area contributed by atoms with Crippen molar-refractivity contribution in [2.75, 3.05) is 18.4 Å². The number of nitrogens with one attached hydrogen (secondary N) is 1. The summed E-state index contributed by atoms with van der Waals surface area (Å²) in [5.74, 6) is 0.462. The van der Waals surface area contributed by atoms with Gasteiger partial charge < -0.3 is 9.84 Å². The number of carbonyl (C=O) groups excluding carboxylic acids is 1. The molecule has 1 N–H and O–H groups in total.